The van der Waals surface area contributed by atoms with Gasteiger partial charge in [0.25, 0.3) is 11.9 Å². The first-order chi connectivity index (χ1) is 11.0. The smallest absolute Gasteiger partial charge is 0.300 e. The molecule has 0 aromatic heterocycles. The molecule has 0 aliphatic heterocycles. The highest BCUT2D eigenvalue weighted by Crippen LogP contribution is 2.11. The average molecular weight is 341 g/mol. The molecule has 1 rings (SSSR count). The van der Waals surface area contributed by atoms with Crippen molar-refractivity contribution in [3.63, 3.8) is 0 Å². The van der Waals surface area contributed by atoms with Crippen LogP contribution in [-0.4, -0.2) is 40.0 Å². The summed E-state index contributed by atoms with van der Waals surface area (Å²) in [4.78, 5) is 40.8. The van der Waals surface area contributed by atoms with Crippen LogP contribution in [0.15, 0.2) is 24.3 Å². The van der Waals surface area contributed by atoms with Gasteiger partial charge in [-0.3, -0.25) is 19.2 Å². The number of amides is 1. The number of carbonyl (C=O) groups is 4. The molecule has 0 heterocycles. The minimum atomic E-state index is -0.833. The Morgan fingerprint density at radius 3 is 1.67 bits per heavy atom. The molecule has 0 fully saturated rings. The summed E-state index contributed by atoms with van der Waals surface area (Å²) in [6.45, 7) is 2.17. The second kappa shape index (κ2) is 12.7. The number of ketones is 1. The van der Waals surface area contributed by atoms with Crippen molar-refractivity contribution < 1.29 is 29.4 Å². The van der Waals surface area contributed by atoms with Gasteiger partial charge in [0.05, 0.1) is 6.17 Å². The molecule has 0 aliphatic rings. The Morgan fingerprint density at radius 1 is 0.958 bits per heavy atom. The van der Waals surface area contributed by atoms with Gasteiger partial charge in [-0.15, -0.1) is 0 Å². The van der Waals surface area contributed by atoms with E-state index in [0.29, 0.717) is 12.0 Å². The number of benzene rings is 1. The Balaban J connectivity index is 0. The molecular formula is C15H23N3O6. The highest BCUT2D eigenvalue weighted by Gasteiger charge is 2.14. The Bertz CT molecular complexity index is 552. The molecule has 1 aromatic rings. The normalized spacial score (nSPS) is 9.04. The molecule has 0 unspecified atom stereocenters. The standard InChI is InChI=1S/C11H15N3O2.2C2H4O2/c12-10(13)6-5-9(15)7-3-1-2-4-8(7)11(14)16;2*1-2(3)4/h1-4,10H,5-6,12-13H2,(H2,14,16);2*1H3,(H,3,4). The fraction of sp³-hybridized carbons (Fsp3) is 0.333. The van der Waals surface area contributed by atoms with E-state index in [0.717, 1.165) is 13.8 Å². The molecule has 1 aromatic carbocycles. The van der Waals surface area contributed by atoms with Crippen molar-refractivity contribution in [3.8, 4) is 0 Å². The number of nitrogens with two attached hydrogens (primary N) is 3. The summed E-state index contributed by atoms with van der Waals surface area (Å²) in [7, 11) is 0. The SMILES string of the molecule is CC(=O)O.CC(=O)O.NC(=O)c1ccccc1C(=O)CCC(N)N. The molecule has 9 nitrogen and oxygen atoms in total. The van der Waals surface area contributed by atoms with E-state index < -0.39 is 24.0 Å². The van der Waals surface area contributed by atoms with Crippen molar-refractivity contribution in [1.82, 2.24) is 0 Å². The Hall–Kier alpha value is -2.78. The molecule has 9 heteroatoms. The molecule has 8 N–H and O–H groups in total. The molecule has 0 atom stereocenters. The zero-order valence-corrected chi connectivity index (χ0v) is 13.6. The average Bonchev–Trinajstić information content (AvgIpc) is 2.43. The third-order valence-corrected chi connectivity index (χ3v) is 2.20. The molecule has 0 spiro atoms. The number of carboxylic acid groups (broad SMARTS) is 2. The van der Waals surface area contributed by atoms with Gasteiger partial charge in [-0.1, -0.05) is 18.2 Å². The molecule has 0 bridgehead atoms. The number of carboxylic acids is 2. The minimum absolute atomic E-state index is 0.171. The number of aliphatic carboxylic acids is 2. The number of rotatable bonds is 5. The first kappa shape index (κ1) is 23.5. The van der Waals surface area contributed by atoms with E-state index in [9.17, 15) is 9.59 Å². The predicted molar refractivity (Wildman–Crippen MR) is 87.3 cm³/mol. The van der Waals surface area contributed by atoms with Crippen LogP contribution < -0.4 is 17.2 Å². The largest absolute Gasteiger partial charge is 0.481 e. The zero-order chi connectivity index (χ0) is 19.3. The first-order valence-electron chi connectivity index (χ1n) is 6.81. The van der Waals surface area contributed by atoms with E-state index in [2.05, 4.69) is 0 Å². The fourth-order valence-electron chi connectivity index (χ4n) is 1.37. The molecule has 24 heavy (non-hydrogen) atoms. The summed E-state index contributed by atoms with van der Waals surface area (Å²) in [6, 6.07) is 6.44. The van der Waals surface area contributed by atoms with Crippen molar-refractivity contribution >= 4 is 23.6 Å². The molecule has 0 saturated heterocycles. The molecule has 0 radical (unpaired) electrons. The van der Waals surface area contributed by atoms with Crippen LogP contribution in [0.3, 0.4) is 0 Å². The second-order valence-electron chi connectivity index (χ2n) is 4.57. The maximum atomic E-state index is 11.8. The Kier molecular flexibility index (Phi) is 12.5. The quantitative estimate of drug-likeness (QED) is 0.370. The maximum absolute atomic E-state index is 11.8. The molecule has 134 valence electrons. The lowest BCUT2D eigenvalue weighted by atomic mass is 10.00. The van der Waals surface area contributed by atoms with Crippen LogP contribution in [0.25, 0.3) is 0 Å². The molecule has 0 saturated carbocycles. The third-order valence-electron chi connectivity index (χ3n) is 2.20. The fourth-order valence-corrected chi connectivity index (χ4v) is 1.37. The lowest BCUT2D eigenvalue weighted by Crippen LogP contribution is -2.31. The minimum Gasteiger partial charge on any atom is -0.481 e. The first-order valence-corrected chi connectivity index (χ1v) is 6.81. The third kappa shape index (κ3) is 14.2. The van der Waals surface area contributed by atoms with Gasteiger partial charge in [-0.25, -0.2) is 0 Å². The van der Waals surface area contributed by atoms with Crippen molar-refractivity contribution in [1.29, 1.82) is 0 Å². The number of hydrogen-bond acceptors (Lipinski definition) is 6. The van der Waals surface area contributed by atoms with Crippen molar-refractivity contribution in [2.75, 3.05) is 0 Å². The van der Waals surface area contributed by atoms with Crippen LogP contribution in [0.4, 0.5) is 0 Å². The van der Waals surface area contributed by atoms with Gasteiger partial charge in [0, 0.05) is 31.4 Å². The molecule has 0 aliphatic carbocycles. The number of carbonyl (C=O) groups excluding carboxylic acids is 2. The summed E-state index contributed by atoms with van der Waals surface area (Å²) < 4.78 is 0. The Labute approximate surface area is 139 Å². The van der Waals surface area contributed by atoms with E-state index in [1.54, 1.807) is 18.2 Å². The van der Waals surface area contributed by atoms with E-state index in [1.807, 2.05) is 0 Å². The lowest BCUT2D eigenvalue weighted by molar-refractivity contribution is -0.135. The van der Waals surface area contributed by atoms with E-state index in [4.69, 9.17) is 37.0 Å². The second-order valence-corrected chi connectivity index (χ2v) is 4.57. The zero-order valence-electron chi connectivity index (χ0n) is 13.6. The summed E-state index contributed by atoms with van der Waals surface area (Å²) in [5.41, 5.74) is 16.4. The number of primary amides is 1. The van der Waals surface area contributed by atoms with Gasteiger partial charge < -0.3 is 27.4 Å². The molecule has 1 amide bonds. The molecular weight excluding hydrogens is 318 g/mol. The van der Waals surface area contributed by atoms with Crippen molar-refractivity contribution in [2.24, 2.45) is 17.2 Å². The summed E-state index contributed by atoms with van der Waals surface area (Å²) in [6.07, 6.45) is 0.0677. The van der Waals surface area contributed by atoms with E-state index in [1.165, 1.54) is 6.07 Å². The summed E-state index contributed by atoms with van der Waals surface area (Å²) in [5.74, 6) is -2.45. The lowest BCUT2D eigenvalue weighted by Gasteiger charge is -2.07. The van der Waals surface area contributed by atoms with Gasteiger partial charge in [0.2, 0.25) is 5.91 Å². The number of hydrogen-bond donors (Lipinski definition) is 5. The highest BCUT2D eigenvalue weighted by atomic mass is 16.4. The monoisotopic (exact) mass is 341 g/mol. The predicted octanol–water partition coefficient (Wildman–Crippen LogP) is 0.174. The van der Waals surface area contributed by atoms with Gasteiger partial charge in [-0.05, 0) is 12.5 Å². The van der Waals surface area contributed by atoms with E-state index >= 15 is 0 Å². The number of Topliss-reactive ketones (excluding diaryl/α,β-unsaturated/α-hetero) is 1. The van der Waals surface area contributed by atoms with Gasteiger partial charge in [-0.2, -0.15) is 0 Å². The maximum Gasteiger partial charge on any atom is 0.300 e. The Morgan fingerprint density at radius 2 is 1.33 bits per heavy atom. The van der Waals surface area contributed by atoms with Crippen LogP contribution in [0.2, 0.25) is 0 Å². The highest BCUT2D eigenvalue weighted by molar-refractivity contribution is 6.07. The van der Waals surface area contributed by atoms with Crippen LogP contribution >= 0.6 is 0 Å². The van der Waals surface area contributed by atoms with Crippen LogP contribution in [0.1, 0.15) is 47.4 Å². The van der Waals surface area contributed by atoms with Gasteiger partial charge >= 0.3 is 0 Å². The summed E-state index contributed by atoms with van der Waals surface area (Å²) in [5, 5.41) is 14.8. The van der Waals surface area contributed by atoms with Crippen molar-refractivity contribution in [3.05, 3.63) is 35.4 Å². The van der Waals surface area contributed by atoms with Crippen LogP contribution in [0.5, 0.6) is 0 Å². The van der Waals surface area contributed by atoms with Crippen LogP contribution in [0, 0.1) is 0 Å². The van der Waals surface area contributed by atoms with Gasteiger partial charge in [0.1, 0.15) is 0 Å². The van der Waals surface area contributed by atoms with Crippen molar-refractivity contribution in [2.45, 2.75) is 32.9 Å². The summed E-state index contributed by atoms with van der Waals surface area (Å²) >= 11 is 0. The topological polar surface area (TPSA) is 187 Å². The van der Waals surface area contributed by atoms with Crippen LogP contribution in [-0.2, 0) is 9.59 Å². The van der Waals surface area contributed by atoms with E-state index in [-0.39, 0.29) is 17.8 Å². The van der Waals surface area contributed by atoms with Gasteiger partial charge in [0.15, 0.2) is 5.78 Å².